The van der Waals surface area contributed by atoms with Gasteiger partial charge in [0.2, 0.25) is 0 Å². The van der Waals surface area contributed by atoms with Crippen molar-refractivity contribution in [1.29, 1.82) is 0 Å². The van der Waals surface area contributed by atoms with Crippen molar-refractivity contribution in [2.75, 3.05) is 5.73 Å². The molecular weight excluding hydrogens is 254 g/mol. The first-order valence-electron chi connectivity index (χ1n) is 5.07. The van der Waals surface area contributed by atoms with E-state index in [1.807, 2.05) is 0 Å². The number of hydrogen-bond acceptors (Lipinski definition) is 3. The zero-order chi connectivity index (χ0) is 13.3. The summed E-state index contributed by atoms with van der Waals surface area (Å²) in [5.74, 6) is -0.661. The second-order valence-corrected chi connectivity index (χ2v) is 4.06. The van der Waals surface area contributed by atoms with Crippen molar-refractivity contribution in [3.8, 4) is 11.1 Å². The van der Waals surface area contributed by atoms with E-state index in [-0.39, 0.29) is 11.3 Å². The topological polar surface area (TPSA) is 102 Å². The summed E-state index contributed by atoms with van der Waals surface area (Å²) in [6, 6.07) is 6.70. The number of rotatable bonds is 3. The van der Waals surface area contributed by atoms with Crippen molar-refractivity contribution >= 4 is 28.4 Å². The zero-order valence-electron chi connectivity index (χ0n) is 9.24. The molecule has 1 amide bonds. The molecule has 0 aliphatic rings. The Morgan fingerprint density at radius 2 is 1.78 bits per heavy atom. The minimum Gasteiger partial charge on any atom is -0.399 e. The maximum atomic E-state index is 11.3. The summed E-state index contributed by atoms with van der Waals surface area (Å²) >= 11 is 5.47. The van der Waals surface area contributed by atoms with Gasteiger partial charge in [-0.1, -0.05) is 12.1 Å². The molecule has 2 aromatic rings. The van der Waals surface area contributed by atoms with E-state index < -0.39 is 11.1 Å². The number of aromatic amines is 1. The third-order valence-corrected chi connectivity index (χ3v) is 2.74. The highest BCUT2D eigenvalue weighted by Crippen LogP contribution is 2.29. The van der Waals surface area contributed by atoms with Gasteiger partial charge in [0.15, 0.2) is 0 Å². The Balaban J connectivity index is 2.66. The van der Waals surface area contributed by atoms with Gasteiger partial charge in [0, 0.05) is 17.4 Å². The highest BCUT2D eigenvalue weighted by molar-refractivity contribution is 6.68. The van der Waals surface area contributed by atoms with Crippen LogP contribution in [0.5, 0.6) is 0 Å². The monoisotopic (exact) mass is 263 g/mol. The molecule has 0 bridgehead atoms. The number of amides is 1. The molecule has 92 valence electrons. The summed E-state index contributed by atoms with van der Waals surface area (Å²) in [6.45, 7) is 0. The van der Waals surface area contributed by atoms with E-state index >= 15 is 0 Å². The van der Waals surface area contributed by atoms with E-state index in [1.54, 1.807) is 24.3 Å². The van der Waals surface area contributed by atoms with Crippen molar-refractivity contribution in [3.63, 3.8) is 0 Å². The van der Waals surface area contributed by atoms with Gasteiger partial charge in [0.1, 0.15) is 5.69 Å². The van der Waals surface area contributed by atoms with Crippen LogP contribution in [0.15, 0.2) is 30.5 Å². The standard InChI is InChI=1S/C12H10ClN3O2/c13-11(17)8-5-16-10(12(15)18)9(8)6-1-3-7(14)4-2-6/h1-5,16H,14H2,(H2,15,18). The molecule has 1 heterocycles. The minimum atomic E-state index is -0.662. The number of hydrogen-bond donors (Lipinski definition) is 3. The van der Waals surface area contributed by atoms with Crippen molar-refractivity contribution < 1.29 is 9.59 Å². The van der Waals surface area contributed by atoms with Gasteiger partial charge in [0.05, 0.1) is 5.56 Å². The molecule has 6 heteroatoms. The predicted octanol–water partition coefficient (Wildman–Crippen LogP) is 1.74. The molecule has 0 saturated carbocycles. The van der Waals surface area contributed by atoms with Gasteiger partial charge in [-0.05, 0) is 29.3 Å². The van der Waals surface area contributed by atoms with E-state index in [1.165, 1.54) is 6.20 Å². The third kappa shape index (κ3) is 2.08. The SMILES string of the molecule is NC(=O)c1[nH]cc(C(=O)Cl)c1-c1ccc(N)cc1. The number of anilines is 1. The minimum absolute atomic E-state index is 0.142. The fraction of sp³-hybridized carbons (Fsp3) is 0. The lowest BCUT2D eigenvalue weighted by Gasteiger charge is -2.04. The molecule has 18 heavy (non-hydrogen) atoms. The van der Waals surface area contributed by atoms with Crippen molar-refractivity contribution in [3.05, 3.63) is 41.7 Å². The Labute approximate surface area is 108 Å². The molecular formula is C12H10ClN3O2. The van der Waals surface area contributed by atoms with Gasteiger partial charge in [0.25, 0.3) is 11.1 Å². The number of H-pyrrole nitrogens is 1. The number of carbonyl (C=O) groups excluding carboxylic acids is 2. The lowest BCUT2D eigenvalue weighted by molar-refractivity contribution is 0.0996. The molecule has 2 rings (SSSR count). The number of nitrogen functional groups attached to an aromatic ring is 1. The number of carbonyl (C=O) groups is 2. The Morgan fingerprint density at radius 3 is 2.28 bits per heavy atom. The first-order valence-corrected chi connectivity index (χ1v) is 5.45. The van der Waals surface area contributed by atoms with Crippen LogP contribution in [0, 0.1) is 0 Å². The van der Waals surface area contributed by atoms with Crippen LogP contribution in [0.2, 0.25) is 0 Å². The molecule has 0 atom stereocenters. The van der Waals surface area contributed by atoms with Crippen LogP contribution in [0.1, 0.15) is 20.8 Å². The zero-order valence-corrected chi connectivity index (χ0v) is 9.99. The van der Waals surface area contributed by atoms with Crippen molar-refractivity contribution in [2.24, 2.45) is 5.73 Å². The summed E-state index contributed by atoms with van der Waals surface area (Å²) < 4.78 is 0. The van der Waals surface area contributed by atoms with Gasteiger partial charge in [-0.3, -0.25) is 9.59 Å². The van der Waals surface area contributed by atoms with Crippen LogP contribution >= 0.6 is 11.6 Å². The predicted molar refractivity (Wildman–Crippen MR) is 69.3 cm³/mol. The largest absolute Gasteiger partial charge is 0.399 e. The van der Waals surface area contributed by atoms with Crippen LogP contribution in [-0.2, 0) is 0 Å². The van der Waals surface area contributed by atoms with Crippen LogP contribution in [0.3, 0.4) is 0 Å². The molecule has 0 radical (unpaired) electrons. The molecule has 0 saturated heterocycles. The highest BCUT2D eigenvalue weighted by Gasteiger charge is 2.20. The third-order valence-electron chi connectivity index (χ3n) is 2.54. The normalized spacial score (nSPS) is 10.3. The van der Waals surface area contributed by atoms with E-state index in [0.29, 0.717) is 16.8 Å². The fourth-order valence-corrected chi connectivity index (χ4v) is 1.87. The summed E-state index contributed by atoms with van der Waals surface area (Å²) in [4.78, 5) is 25.3. The molecule has 5 N–H and O–H groups in total. The smallest absolute Gasteiger partial charge is 0.265 e. The lowest BCUT2D eigenvalue weighted by atomic mass is 10.0. The van der Waals surface area contributed by atoms with Gasteiger partial charge in [-0.2, -0.15) is 0 Å². The number of halogens is 1. The summed E-state index contributed by atoms with van der Waals surface area (Å²) in [7, 11) is 0. The average Bonchev–Trinajstić information content (AvgIpc) is 2.74. The van der Waals surface area contributed by atoms with Gasteiger partial charge < -0.3 is 16.5 Å². The molecule has 0 unspecified atom stereocenters. The van der Waals surface area contributed by atoms with Crippen LogP contribution < -0.4 is 11.5 Å². The Morgan fingerprint density at radius 1 is 1.17 bits per heavy atom. The van der Waals surface area contributed by atoms with Gasteiger partial charge >= 0.3 is 0 Å². The molecule has 1 aromatic carbocycles. The number of aromatic nitrogens is 1. The van der Waals surface area contributed by atoms with E-state index in [2.05, 4.69) is 4.98 Å². The molecule has 1 aromatic heterocycles. The van der Waals surface area contributed by atoms with E-state index in [4.69, 9.17) is 23.1 Å². The van der Waals surface area contributed by atoms with Crippen molar-refractivity contribution in [2.45, 2.75) is 0 Å². The van der Waals surface area contributed by atoms with Crippen LogP contribution in [0.4, 0.5) is 5.69 Å². The maximum Gasteiger partial charge on any atom is 0.265 e. The maximum absolute atomic E-state index is 11.3. The number of nitrogens with one attached hydrogen (secondary N) is 1. The second kappa shape index (κ2) is 4.54. The summed E-state index contributed by atoms with van der Waals surface area (Å²) in [5.41, 5.74) is 12.8. The molecule has 0 fully saturated rings. The van der Waals surface area contributed by atoms with E-state index in [0.717, 1.165) is 0 Å². The first-order chi connectivity index (χ1) is 8.50. The number of benzene rings is 1. The van der Waals surface area contributed by atoms with Gasteiger partial charge in [-0.15, -0.1) is 0 Å². The quantitative estimate of drug-likeness (QED) is 0.580. The van der Waals surface area contributed by atoms with Gasteiger partial charge in [-0.25, -0.2) is 0 Å². The second-order valence-electron chi connectivity index (χ2n) is 3.71. The number of primary amides is 1. The van der Waals surface area contributed by atoms with Crippen LogP contribution in [0.25, 0.3) is 11.1 Å². The Hall–Kier alpha value is -2.27. The number of nitrogens with two attached hydrogens (primary N) is 2. The summed E-state index contributed by atoms with van der Waals surface area (Å²) in [6.07, 6.45) is 1.36. The Kier molecular flexibility index (Phi) is 3.08. The van der Waals surface area contributed by atoms with Crippen molar-refractivity contribution in [1.82, 2.24) is 4.98 Å². The Bertz CT molecular complexity index is 585. The highest BCUT2D eigenvalue weighted by atomic mass is 35.5. The molecule has 0 aliphatic carbocycles. The lowest BCUT2D eigenvalue weighted by Crippen LogP contribution is -2.12. The fourth-order valence-electron chi connectivity index (χ4n) is 1.72. The van der Waals surface area contributed by atoms with E-state index in [9.17, 15) is 9.59 Å². The average molecular weight is 264 g/mol. The molecule has 5 nitrogen and oxygen atoms in total. The van der Waals surface area contributed by atoms with Crippen LogP contribution in [-0.4, -0.2) is 16.1 Å². The molecule has 0 spiro atoms. The molecule has 0 aliphatic heterocycles. The first kappa shape index (κ1) is 12.2. The summed E-state index contributed by atoms with van der Waals surface area (Å²) in [5, 5.41) is -0.662.